The number of hydrogen-bond donors (Lipinski definition) is 1. The minimum atomic E-state index is 0. The Hall–Kier alpha value is -0.0365. The molecule has 0 heterocycles. The quantitative estimate of drug-likeness (QED) is 0.411. The molecule has 0 bridgehead atoms. The van der Waals surface area contributed by atoms with Crippen molar-refractivity contribution in [3.05, 3.63) is 0 Å². The van der Waals surface area contributed by atoms with Crippen LogP contribution in [0.1, 0.15) is 34.6 Å². The second-order valence-corrected chi connectivity index (χ2v) is 3.11. The molecule has 0 amide bonds. The van der Waals surface area contributed by atoms with Gasteiger partial charge in [0.1, 0.15) is 0 Å². The third kappa shape index (κ3) is 9.96. The van der Waals surface area contributed by atoms with E-state index in [-0.39, 0.29) is 16.5 Å². The fourth-order valence-electron chi connectivity index (χ4n) is 0.842. The van der Waals surface area contributed by atoms with Crippen LogP contribution < -0.4 is 5.32 Å². The normalized spacial score (nSPS) is 11.7. The molecule has 0 aliphatic heterocycles. The summed E-state index contributed by atoms with van der Waals surface area (Å²) < 4.78 is 0. The first kappa shape index (κ1) is 13.5. The molecule has 0 unspecified atom stereocenters. The zero-order valence-electron chi connectivity index (χ0n) is 7.92. The van der Waals surface area contributed by atoms with E-state index in [4.69, 9.17) is 0 Å². The van der Waals surface area contributed by atoms with Crippen LogP contribution in [-0.2, 0) is 16.5 Å². The third-order valence-electron chi connectivity index (χ3n) is 0.949. The molecule has 0 radical (unpaired) electrons. The van der Waals surface area contributed by atoms with Crippen LogP contribution in [0, 0.1) is 0 Å². The molecule has 0 rings (SSSR count). The summed E-state index contributed by atoms with van der Waals surface area (Å²) in [5, 5.41) is 3.22. The molecule has 0 atom stereocenters. The van der Waals surface area contributed by atoms with Gasteiger partial charge in [0.05, 0.1) is 5.84 Å². The van der Waals surface area contributed by atoms with Crippen molar-refractivity contribution in [1.29, 1.82) is 0 Å². The van der Waals surface area contributed by atoms with E-state index >= 15 is 0 Å². The van der Waals surface area contributed by atoms with Crippen molar-refractivity contribution in [2.24, 2.45) is 4.99 Å². The van der Waals surface area contributed by atoms with Crippen molar-refractivity contribution < 1.29 is 16.5 Å². The maximum atomic E-state index is 4.32. The van der Waals surface area contributed by atoms with Gasteiger partial charge in [0, 0.05) is 28.6 Å². The van der Waals surface area contributed by atoms with Crippen LogP contribution in [-0.4, -0.2) is 17.9 Å². The Balaban J connectivity index is 0. The molecule has 0 aliphatic carbocycles. The molecule has 0 aliphatic rings. The van der Waals surface area contributed by atoms with Gasteiger partial charge in [-0.25, -0.2) is 0 Å². The summed E-state index contributed by atoms with van der Waals surface area (Å²) >= 11 is 0. The van der Waals surface area contributed by atoms with Crippen LogP contribution in [0.2, 0.25) is 0 Å². The molecular weight excluding hydrogens is 183 g/mol. The number of rotatable bonds is 2. The molecular formula is C8H18N2Ni. The van der Waals surface area contributed by atoms with Crippen LogP contribution >= 0.6 is 0 Å². The van der Waals surface area contributed by atoms with Crippen molar-refractivity contribution >= 4 is 5.84 Å². The molecule has 0 saturated heterocycles. The van der Waals surface area contributed by atoms with Gasteiger partial charge in [0.25, 0.3) is 0 Å². The van der Waals surface area contributed by atoms with E-state index in [1.54, 1.807) is 0 Å². The van der Waals surface area contributed by atoms with Crippen molar-refractivity contribution in [2.75, 3.05) is 0 Å². The van der Waals surface area contributed by atoms with Crippen LogP contribution in [0.4, 0.5) is 0 Å². The molecule has 0 spiro atoms. The van der Waals surface area contributed by atoms with Crippen LogP contribution in [0.15, 0.2) is 4.99 Å². The second-order valence-electron chi connectivity index (χ2n) is 3.11. The Labute approximate surface area is 79.8 Å². The molecule has 11 heavy (non-hydrogen) atoms. The first-order valence-corrected chi connectivity index (χ1v) is 3.83. The van der Waals surface area contributed by atoms with Crippen molar-refractivity contribution in [3.63, 3.8) is 0 Å². The van der Waals surface area contributed by atoms with Gasteiger partial charge in [-0.2, -0.15) is 0 Å². The summed E-state index contributed by atoms with van der Waals surface area (Å²) in [7, 11) is 0. The molecule has 0 aromatic carbocycles. The summed E-state index contributed by atoms with van der Waals surface area (Å²) in [6, 6.07) is 0.883. The molecule has 1 N–H and O–H groups in total. The van der Waals surface area contributed by atoms with Crippen LogP contribution in [0.25, 0.3) is 0 Å². The standard InChI is InChI=1S/C8H18N2.Ni/c1-6(2)9-8(5)10-7(3)4;/h6-7H,1-5H3,(H,9,10);. The molecule has 0 fully saturated rings. The van der Waals surface area contributed by atoms with Crippen LogP contribution in [0.3, 0.4) is 0 Å². The number of amidine groups is 1. The van der Waals surface area contributed by atoms with Gasteiger partial charge >= 0.3 is 0 Å². The van der Waals surface area contributed by atoms with Gasteiger partial charge in [-0.3, -0.25) is 4.99 Å². The van der Waals surface area contributed by atoms with Gasteiger partial charge in [0.2, 0.25) is 0 Å². The average Bonchev–Trinajstić information content (AvgIpc) is 1.58. The Morgan fingerprint density at radius 2 is 1.64 bits per heavy atom. The van der Waals surface area contributed by atoms with Gasteiger partial charge < -0.3 is 5.32 Å². The van der Waals surface area contributed by atoms with E-state index in [9.17, 15) is 0 Å². The smallest absolute Gasteiger partial charge is 0.0936 e. The minimum Gasteiger partial charge on any atom is -0.372 e. The Kier molecular flexibility index (Phi) is 8.20. The maximum absolute atomic E-state index is 4.32. The minimum absolute atomic E-state index is 0. The zero-order chi connectivity index (χ0) is 8.15. The number of hydrogen-bond acceptors (Lipinski definition) is 1. The fourth-order valence-corrected chi connectivity index (χ4v) is 0.842. The van der Waals surface area contributed by atoms with Gasteiger partial charge in [0.15, 0.2) is 0 Å². The van der Waals surface area contributed by atoms with Crippen molar-refractivity contribution in [2.45, 2.75) is 46.7 Å². The van der Waals surface area contributed by atoms with E-state index < -0.39 is 0 Å². The summed E-state index contributed by atoms with van der Waals surface area (Å²) in [5.41, 5.74) is 0. The molecule has 3 heteroatoms. The monoisotopic (exact) mass is 200 g/mol. The predicted octanol–water partition coefficient (Wildman–Crippen LogP) is 1.81. The summed E-state index contributed by atoms with van der Waals surface area (Å²) in [6.07, 6.45) is 0. The topological polar surface area (TPSA) is 24.4 Å². The first-order valence-electron chi connectivity index (χ1n) is 3.83. The molecule has 70 valence electrons. The van der Waals surface area contributed by atoms with Gasteiger partial charge in [-0.1, -0.05) is 0 Å². The largest absolute Gasteiger partial charge is 0.372 e. The maximum Gasteiger partial charge on any atom is 0.0936 e. The van der Waals surface area contributed by atoms with Gasteiger partial charge in [-0.05, 0) is 34.6 Å². The molecule has 0 saturated carbocycles. The van der Waals surface area contributed by atoms with E-state index in [0.717, 1.165) is 5.84 Å². The SMILES string of the molecule is CC(=NC(C)C)NC(C)C.[Ni]. The second kappa shape index (κ2) is 6.66. The molecule has 0 aromatic heterocycles. The number of aliphatic imine (C=N–C) groups is 1. The first-order chi connectivity index (χ1) is 4.52. The fraction of sp³-hybridized carbons (Fsp3) is 0.875. The van der Waals surface area contributed by atoms with Gasteiger partial charge in [-0.15, -0.1) is 0 Å². The Morgan fingerprint density at radius 1 is 1.18 bits per heavy atom. The van der Waals surface area contributed by atoms with E-state index in [0.29, 0.717) is 12.1 Å². The number of nitrogens with zero attached hydrogens (tertiary/aromatic N) is 1. The summed E-state index contributed by atoms with van der Waals surface area (Å²) in [6.45, 7) is 10.4. The van der Waals surface area contributed by atoms with Crippen molar-refractivity contribution in [1.82, 2.24) is 5.32 Å². The predicted molar refractivity (Wildman–Crippen MR) is 46.5 cm³/mol. The summed E-state index contributed by atoms with van der Waals surface area (Å²) in [5.74, 6) is 1.03. The van der Waals surface area contributed by atoms with Crippen LogP contribution in [0.5, 0.6) is 0 Å². The summed E-state index contributed by atoms with van der Waals surface area (Å²) in [4.78, 5) is 4.32. The number of nitrogens with one attached hydrogen (secondary N) is 1. The third-order valence-corrected chi connectivity index (χ3v) is 0.949. The van der Waals surface area contributed by atoms with E-state index in [1.807, 2.05) is 6.92 Å². The van der Waals surface area contributed by atoms with E-state index in [1.165, 1.54) is 0 Å². The Bertz CT molecular complexity index is 119. The zero-order valence-corrected chi connectivity index (χ0v) is 8.91. The average molecular weight is 201 g/mol. The molecule has 0 aromatic rings. The van der Waals surface area contributed by atoms with Crippen molar-refractivity contribution in [3.8, 4) is 0 Å². The Morgan fingerprint density at radius 3 is 1.91 bits per heavy atom. The molecule has 2 nitrogen and oxygen atoms in total. The van der Waals surface area contributed by atoms with E-state index in [2.05, 4.69) is 38.0 Å².